The van der Waals surface area contributed by atoms with Gasteiger partial charge in [-0.15, -0.1) is 11.8 Å². The molecule has 2 fully saturated rings. The lowest BCUT2D eigenvalue weighted by Gasteiger charge is -2.39. The maximum absolute atomic E-state index is 3.72. The van der Waals surface area contributed by atoms with E-state index in [0.29, 0.717) is 4.87 Å². The number of thioether (sulfide) groups is 1. The summed E-state index contributed by atoms with van der Waals surface area (Å²) < 4.78 is 0. The van der Waals surface area contributed by atoms with Crippen molar-refractivity contribution in [3.8, 4) is 0 Å². The monoisotopic (exact) mass is 199 g/mol. The first kappa shape index (κ1) is 9.85. The third kappa shape index (κ3) is 2.04. The average Bonchev–Trinajstić information content (AvgIpc) is 2.53. The summed E-state index contributed by atoms with van der Waals surface area (Å²) in [6.45, 7) is 5.99. The molecule has 1 saturated carbocycles. The van der Waals surface area contributed by atoms with Crippen LogP contribution in [-0.2, 0) is 0 Å². The molecule has 1 aliphatic carbocycles. The van der Waals surface area contributed by atoms with Crippen LogP contribution in [0.4, 0.5) is 0 Å². The molecule has 76 valence electrons. The summed E-state index contributed by atoms with van der Waals surface area (Å²) >= 11 is 2.18. The third-order valence-corrected chi connectivity index (χ3v) is 5.09. The van der Waals surface area contributed by atoms with Crippen molar-refractivity contribution in [3.05, 3.63) is 0 Å². The molecule has 0 amide bonds. The maximum Gasteiger partial charge on any atom is 0.0648 e. The molecule has 13 heavy (non-hydrogen) atoms. The van der Waals surface area contributed by atoms with Crippen LogP contribution in [0.5, 0.6) is 0 Å². The number of hydrogen-bond acceptors (Lipinski definition) is 2. The van der Waals surface area contributed by atoms with Gasteiger partial charge in [0.1, 0.15) is 0 Å². The van der Waals surface area contributed by atoms with E-state index in [1.54, 1.807) is 0 Å². The highest BCUT2D eigenvalue weighted by atomic mass is 32.2. The van der Waals surface area contributed by atoms with Gasteiger partial charge in [-0.3, -0.25) is 0 Å². The molecule has 1 spiro atoms. The zero-order valence-electron chi connectivity index (χ0n) is 8.81. The Hall–Kier alpha value is 0.310. The minimum atomic E-state index is 0.493. The molecule has 1 heterocycles. The van der Waals surface area contributed by atoms with Crippen molar-refractivity contribution in [2.24, 2.45) is 11.8 Å². The molecule has 0 aromatic rings. The van der Waals surface area contributed by atoms with Crippen LogP contribution >= 0.6 is 11.8 Å². The first-order valence-electron chi connectivity index (χ1n) is 5.61. The minimum Gasteiger partial charge on any atom is -0.302 e. The van der Waals surface area contributed by atoms with Crippen molar-refractivity contribution in [1.82, 2.24) is 5.32 Å². The molecule has 0 aromatic heterocycles. The van der Waals surface area contributed by atoms with Crippen molar-refractivity contribution < 1.29 is 0 Å². The van der Waals surface area contributed by atoms with E-state index in [4.69, 9.17) is 0 Å². The summed E-state index contributed by atoms with van der Waals surface area (Å²) in [5.74, 6) is 3.16. The molecule has 2 aliphatic rings. The van der Waals surface area contributed by atoms with Crippen LogP contribution in [0, 0.1) is 11.8 Å². The molecule has 0 aromatic carbocycles. The smallest absolute Gasteiger partial charge is 0.0648 e. The lowest BCUT2D eigenvalue weighted by atomic mass is 9.79. The van der Waals surface area contributed by atoms with Crippen molar-refractivity contribution in [3.63, 3.8) is 0 Å². The SMILES string of the molecule is CC(C)C1CCCC2(C1)NCCS2. The standard InChI is InChI=1S/C11H21NS/c1-9(2)10-4-3-5-11(8-10)12-6-7-13-11/h9-10,12H,3-8H2,1-2H3. The molecule has 2 atom stereocenters. The molecule has 0 bridgehead atoms. The minimum absolute atomic E-state index is 0.493. The fourth-order valence-corrected chi connectivity index (χ4v) is 4.13. The Morgan fingerprint density at radius 3 is 2.92 bits per heavy atom. The molecule has 1 aliphatic heterocycles. The van der Waals surface area contributed by atoms with E-state index in [-0.39, 0.29) is 0 Å². The van der Waals surface area contributed by atoms with E-state index in [0.717, 1.165) is 11.8 Å². The van der Waals surface area contributed by atoms with Crippen LogP contribution in [0.25, 0.3) is 0 Å². The molecule has 1 nitrogen and oxygen atoms in total. The Morgan fingerprint density at radius 2 is 2.31 bits per heavy atom. The van der Waals surface area contributed by atoms with E-state index < -0.39 is 0 Å². The Labute approximate surface area is 86.0 Å². The normalized spacial score (nSPS) is 40.4. The van der Waals surface area contributed by atoms with Gasteiger partial charge in [0.15, 0.2) is 0 Å². The fraction of sp³-hybridized carbons (Fsp3) is 1.00. The van der Waals surface area contributed by atoms with Crippen LogP contribution < -0.4 is 5.32 Å². The average molecular weight is 199 g/mol. The van der Waals surface area contributed by atoms with Gasteiger partial charge in [-0.2, -0.15) is 0 Å². The summed E-state index contributed by atoms with van der Waals surface area (Å²) in [5, 5.41) is 3.72. The molecule has 2 rings (SSSR count). The van der Waals surface area contributed by atoms with Crippen molar-refractivity contribution in [2.45, 2.75) is 44.4 Å². The summed E-state index contributed by atoms with van der Waals surface area (Å²) in [6.07, 6.45) is 5.71. The topological polar surface area (TPSA) is 12.0 Å². The summed E-state index contributed by atoms with van der Waals surface area (Å²) in [4.78, 5) is 0.493. The number of hydrogen-bond donors (Lipinski definition) is 1. The molecule has 1 saturated heterocycles. The van der Waals surface area contributed by atoms with E-state index in [2.05, 4.69) is 30.9 Å². The van der Waals surface area contributed by atoms with E-state index >= 15 is 0 Å². The van der Waals surface area contributed by atoms with Crippen LogP contribution in [-0.4, -0.2) is 17.2 Å². The second-order valence-electron chi connectivity index (χ2n) is 4.87. The Balaban J connectivity index is 1.98. The lowest BCUT2D eigenvalue weighted by Crippen LogP contribution is -2.42. The first-order chi connectivity index (χ1) is 6.22. The Morgan fingerprint density at radius 1 is 1.46 bits per heavy atom. The first-order valence-corrected chi connectivity index (χ1v) is 6.59. The van der Waals surface area contributed by atoms with Crippen molar-refractivity contribution in [2.75, 3.05) is 12.3 Å². The second kappa shape index (κ2) is 3.82. The maximum atomic E-state index is 3.72. The summed E-state index contributed by atoms with van der Waals surface area (Å²) in [7, 11) is 0. The van der Waals surface area contributed by atoms with Gasteiger partial charge in [0.25, 0.3) is 0 Å². The van der Waals surface area contributed by atoms with Gasteiger partial charge in [0.2, 0.25) is 0 Å². The Kier molecular flexibility index (Phi) is 2.89. The Bertz CT molecular complexity index is 173. The fourth-order valence-electron chi connectivity index (χ4n) is 2.71. The zero-order chi connectivity index (χ0) is 9.31. The highest BCUT2D eigenvalue weighted by molar-refractivity contribution is 8.00. The van der Waals surface area contributed by atoms with Crippen LogP contribution in [0.3, 0.4) is 0 Å². The largest absolute Gasteiger partial charge is 0.302 e. The summed E-state index contributed by atoms with van der Waals surface area (Å²) in [5.41, 5.74) is 0. The van der Waals surface area contributed by atoms with E-state index in [9.17, 15) is 0 Å². The van der Waals surface area contributed by atoms with Crippen LogP contribution in [0.1, 0.15) is 39.5 Å². The second-order valence-corrected chi connectivity index (χ2v) is 6.35. The van der Waals surface area contributed by atoms with E-state index in [1.165, 1.54) is 38.0 Å². The third-order valence-electron chi connectivity index (χ3n) is 3.62. The number of nitrogens with one attached hydrogen (secondary N) is 1. The lowest BCUT2D eigenvalue weighted by molar-refractivity contribution is 0.219. The predicted octanol–water partition coefficient (Wildman–Crippen LogP) is 2.87. The highest BCUT2D eigenvalue weighted by Gasteiger charge is 2.39. The molecule has 2 unspecified atom stereocenters. The zero-order valence-corrected chi connectivity index (χ0v) is 9.62. The molecular formula is C11H21NS. The van der Waals surface area contributed by atoms with Gasteiger partial charge in [-0.05, 0) is 24.7 Å². The van der Waals surface area contributed by atoms with Gasteiger partial charge >= 0.3 is 0 Å². The van der Waals surface area contributed by atoms with E-state index in [1.807, 2.05) is 0 Å². The highest BCUT2D eigenvalue weighted by Crippen LogP contribution is 2.44. The molecule has 0 radical (unpaired) electrons. The predicted molar refractivity (Wildman–Crippen MR) is 60.0 cm³/mol. The quantitative estimate of drug-likeness (QED) is 0.697. The van der Waals surface area contributed by atoms with Crippen LogP contribution in [0.2, 0.25) is 0 Å². The molecule has 1 N–H and O–H groups in total. The van der Waals surface area contributed by atoms with Gasteiger partial charge in [0.05, 0.1) is 4.87 Å². The van der Waals surface area contributed by atoms with Crippen molar-refractivity contribution >= 4 is 11.8 Å². The van der Waals surface area contributed by atoms with Gasteiger partial charge in [0, 0.05) is 12.3 Å². The van der Waals surface area contributed by atoms with Gasteiger partial charge in [-0.25, -0.2) is 0 Å². The van der Waals surface area contributed by atoms with Crippen LogP contribution in [0.15, 0.2) is 0 Å². The number of rotatable bonds is 1. The summed E-state index contributed by atoms with van der Waals surface area (Å²) in [6, 6.07) is 0. The van der Waals surface area contributed by atoms with Gasteiger partial charge < -0.3 is 5.32 Å². The molecular weight excluding hydrogens is 178 g/mol. The van der Waals surface area contributed by atoms with Gasteiger partial charge in [-0.1, -0.05) is 26.7 Å². The molecule has 2 heteroatoms. The van der Waals surface area contributed by atoms with Crippen molar-refractivity contribution in [1.29, 1.82) is 0 Å².